The lowest BCUT2D eigenvalue weighted by molar-refractivity contribution is -0.135. The molecular formula is C54H58N8O5. The highest BCUT2D eigenvalue weighted by Gasteiger charge is 2.41. The molecule has 1 saturated carbocycles. The van der Waals surface area contributed by atoms with Crippen LogP contribution in [-0.2, 0) is 19.1 Å². The fraction of sp³-hybridized carbons (Fsp3) is 0.389. The molecule has 10 rings (SSSR count). The molecule has 7 aromatic rings. The van der Waals surface area contributed by atoms with Gasteiger partial charge in [-0.25, -0.2) is 14.8 Å². The maximum atomic E-state index is 14.2. The van der Waals surface area contributed by atoms with Crippen molar-refractivity contribution in [3.05, 3.63) is 108 Å². The molecule has 2 saturated heterocycles. The quantitative estimate of drug-likeness (QED) is 0.0880. The molecular weight excluding hydrogens is 841 g/mol. The number of aromatic amines is 2. The summed E-state index contributed by atoms with van der Waals surface area (Å²) in [6.45, 7) is 8.19. The van der Waals surface area contributed by atoms with E-state index in [1.807, 2.05) is 67.0 Å². The number of rotatable bonds is 12. The van der Waals surface area contributed by atoms with Gasteiger partial charge >= 0.3 is 6.09 Å². The monoisotopic (exact) mass is 898 g/mol. The Morgan fingerprint density at radius 2 is 1.51 bits per heavy atom. The second-order valence-electron chi connectivity index (χ2n) is 19.0. The van der Waals surface area contributed by atoms with Gasteiger partial charge in [0.25, 0.3) is 0 Å². The van der Waals surface area contributed by atoms with E-state index in [4.69, 9.17) is 25.2 Å². The minimum atomic E-state index is -0.771. The summed E-state index contributed by atoms with van der Waals surface area (Å²) in [5, 5.41) is 6.83. The van der Waals surface area contributed by atoms with E-state index >= 15 is 0 Å². The van der Waals surface area contributed by atoms with Crippen molar-refractivity contribution in [1.29, 1.82) is 0 Å². The van der Waals surface area contributed by atoms with Crippen LogP contribution in [0.1, 0.15) is 100 Å². The van der Waals surface area contributed by atoms with Crippen LogP contribution in [0.5, 0.6) is 0 Å². The van der Waals surface area contributed by atoms with Crippen molar-refractivity contribution in [1.82, 2.24) is 35.1 Å². The first-order valence-electron chi connectivity index (χ1n) is 23.7. The first-order valence-corrected chi connectivity index (χ1v) is 23.7. The molecule has 0 radical (unpaired) electrons. The average molecular weight is 899 g/mol. The van der Waals surface area contributed by atoms with Gasteiger partial charge in [-0.2, -0.15) is 0 Å². The van der Waals surface area contributed by atoms with E-state index in [1.165, 1.54) is 26.4 Å². The predicted molar refractivity (Wildman–Crippen MR) is 261 cm³/mol. The van der Waals surface area contributed by atoms with Crippen molar-refractivity contribution in [2.45, 2.75) is 83.5 Å². The van der Waals surface area contributed by atoms with Crippen molar-refractivity contribution < 1.29 is 23.9 Å². The topological polar surface area (TPSA) is 172 Å². The predicted octanol–water partition coefficient (Wildman–Crippen LogP) is 9.23. The molecule has 13 heteroatoms. The number of nitrogens with two attached hydrogens (primary N) is 1. The van der Waals surface area contributed by atoms with Crippen LogP contribution in [0.15, 0.2) is 84.9 Å². The Balaban J connectivity index is 0.942. The largest absolute Gasteiger partial charge is 0.453 e. The molecule has 2 aromatic heterocycles. The average Bonchev–Trinajstić information content (AvgIpc) is 4.16. The smallest absolute Gasteiger partial charge is 0.407 e. The number of imidazole rings is 2. The number of aromatic nitrogens is 4. The van der Waals surface area contributed by atoms with Crippen LogP contribution in [0.2, 0.25) is 0 Å². The van der Waals surface area contributed by atoms with E-state index in [9.17, 15) is 14.4 Å². The van der Waals surface area contributed by atoms with Crippen LogP contribution >= 0.6 is 0 Å². The van der Waals surface area contributed by atoms with E-state index in [1.54, 1.807) is 0 Å². The second kappa shape index (κ2) is 18.5. The number of hydrogen-bond acceptors (Lipinski definition) is 8. The number of nitrogens with one attached hydrogen (secondary N) is 3. The van der Waals surface area contributed by atoms with Gasteiger partial charge in [0.2, 0.25) is 11.8 Å². The molecule has 5 N–H and O–H groups in total. The van der Waals surface area contributed by atoms with Gasteiger partial charge in [-0.1, -0.05) is 86.9 Å². The molecule has 3 aliphatic rings. The van der Waals surface area contributed by atoms with E-state index in [0.717, 1.165) is 97.6 Å². The number of alkyl carbamates (subject to hydrolysis) is 1. The molecule has 0 spiro atoms. The number of hydrogen-bond donors (Lipinski definition) is 4. The van der Waals surface area contributed by atoms with Crippen molar-refractivity contribution in [3.8, 4) is 23.0 Å². The Kier molecular flexibility index (Phi) is 12.2. The van der Waals surface area contributed by atoms with Crippen LogP contribution in [0.4, 0.5) is 4.79 Å². The number of ether oxygens (including phenoxy) is 2. The number of benzene rings is 5. The van der Waals surface area contributed by atoms with Crippen LogP contribution in [0.3, 0.4) is 0 Å². The Hall–Kier alpha value is -6.75. The number of amides is 3. The minimum Gasteiger partial charge on any atom is -0.453 e. The molecule has 2 aliphatic heterocycles. The first-order chi connectivity index (χ1) is 32.6. The second-order valence-corrected chi connectivity index (χ2v) is 19.0. The number of nitrogens with zero attached hydrogens (tertiary/aromatic N) is 4. The number of fused-ring (bicyclic) bond motifs is 6. The fourth-order valence-electron chi connectivity index (χ4n) is 10.4. The molecule has 1 aliphatic carbocycles. The molecule has 0 bridgehead atoms. The van der Waals surface area contributed by atoms with Gasteiger partial charge in [0.1, 0.15) is 23.7 Å². The minimum absolute atomic E-state index is 0.108. The van der Waals surface area contributed by atoms with E-state index in [0.29, 0.717) is 31.4 Å². The zero-order valence-electron chi connectivity index (χ0n) is 38.6. The summed E-state index contributed by atoms with van der Waals surface area (Å²) in [6.07, 6.45) is 5.45. The van der Waals surface area contributed by atoms with Crippen LogP contribution in [0, 0.1) is 29.6 Å². The van der Waals surface area contributed by atoms with Crippen molar-refractivity contribution >= 4 is 61.5 Å². The van der Waals surface area contributed by atoms with Gasteiger partial charge in [0, 0.05) is 47.3 Å². The van der Waals surface area contributed by atoms with Crippen molar-refractivity contribution in [3.63, 3.8) is 0 Å². The summed E-state index contributed by atoms with van der Waals surface area (Å²) in [5.74, 6) is 8.35. The van der Waals surface area contributed by atoms with Gasteiger partial charge in [-0.15, -0.1) is 5.92 Å². The summed E-state index contributed by atoms with van der Waals surface area (Å²) in [7, 11) is 1.30. The number of H-pyrrole nitrogens is 2. The standard InChI is InChI=1S/C54H58N8O5/c1-5-11-37-27-43-49(59-50(57-43)44-16-10-23-61(44)53(64)47(31(2)3)60-54(65)66-4)40-21-18-36(26-41(37)40)35-17-20-39-38(25-35)19-22-42-48(39)58-51(56-42)45-24-33(30-67-29-32-12-9-13-32)28-62(45)52(63)46(55)34-14-7-6-8-15-34/h6-8,14-15,17-22,25-27,31-33,44-47H,9-10,12-13,16,23-24,28-30,55H2,1-4H3,(H,56,58)(H,57,59)(H,60,65)/t33-,44-,45-,46+,47-/m0/s1. The molecule has 3 amide bonds. The lowest BCUT2D eigenvalue weighted by Gasteiger charge is -2.29. The highest BCUT2D eigenvalue weighted by atomic mass is 16.5. The Morgan fingerprint density at radius 3 is 2.24 bits per heavy atom. The number of carbonyl (C=O) groups is 3. The summed E-state index contributed by atoms with van der Waals surface area (Å²) in [4.78, 5) is 61.4. The first kappa shape index (κ1) is 44.1. The van der Waals surface area contributed by atoms with E-state index in [2.05, 4.69) is 75.7 Å². The normalized spacial score (nSPS) is 19.5. The molecule has 4 heterocycles. The van der Waals surface area contributed by atoms with Gasteiger partial charge in [0.15, 0.2) is 0 Å². The van der Waals surface area contributed by atoms with Gasteiger partial charge < -0.3 is 40.3 Å². The lowest BCUT2D eigenvalue weighted by atomic mass is 9.86. The third kappa shape index (κ3) is 8.49. The van der Waals surface area contributed by atoms with E-state index < -0.39 is 18.2 Å². The molecule has 5 atom stereocenters. The zero-order valence-corrected chi connectivity index (χ0v) is 38.6. The molecule has 67 heavy (non-hydrogen) atoms. The van der Waals surface area contributed by atoms with Gasteiger partial charge in [-0.3, -0.25) is 9.59 Å². The van der Waals surface area contributed by atoms with Crippen LogP contribution < -0.4 is 11.1 Å². The maximum absolute atomic E-state index is 14.2. The SMILES string of the molecule is CC#Cc1cc2nc([C@@H]3CCCN3C(=O)[C@@H](NC(=O)OC)C(C)C)[nH]c2c2ccc(-c3ccc4c(ccc5nc([C@@H]6C[C@H](COCC7CCC7)CN6C(=O)[C@H](N)c6ccccc6)[nH]c54)c3)cc12. The molecule has 0 unspecified atom stereocenters. The summed E-state index contributed by atoms with van der Waals surface area (Å²) >= 11 is 0. The summed E-state index contributed by atoms with van der Waals surface area (Å²) < 4.78 is 11.1. The van der Waals surface area contributed by atoms with Crippen molar-refractivity contribution in [2.24, 2.45) is 23.5 Å². The maximum Gasteiger partial charge on any atom is 0.407 e. The van der Waals surface area contributed by atoms with Crippen LogP contribution in [-0.4, -0.2) is 87.1 Å². The summed E-state index contributed by atoms with van der Waals surface area (Å²) in [5.41, 5.74) is 13.9. The fourth-order valence-corrected chi connectivity index (χ4v) is 10.4. The van der Waals surface area contributed by atoms with Crippen LogP contribution in [0.25, 0.3) is 54.7 Å². The highest BCUT2D eigenvalue weighted by Crippen LogP contribution is 2.40. The van der Waals surface area contributed by atoms with Gasteiger partial charge in [0.05, 0.1) is 47.9 Å². The molecule has 3 fully saturated rings. The molecule has 344 valence electrons. The number of carbonyl (C=O) groups excluding carboxylic acids is 3. The van der Waals surface area contributed by atoms with Gasteiger partial charge in [-0.05, 0) is 97.2 Å². The Labute approximate surface area is 390 Å². The number of methoxy groups -OCH3 is 1. The third-order valence-electron chi connectivity index (χ3n) is 14.3. The zero-order chi connectivity index (χ0) is 46.3. The van der Waals surface area contributed by atoms with Crippen molar-refractivity contribution in [2.75, 3.05) is 33.4 Å². The third-order valence-corrected chi connectivity index (χ3v) is 14.3. The lowest BCUT2D eigenvalue weighted by Crippen LogP contribution is -2.51. The summed E-state index contributed by atoms with van der Waals surface area (Å²) in [6, 6.07) is 26.7. The Morgan fingerprint density at radius 1 is 0.791 bits per heavy atom. The van der Waals surface area contributed by atoms with E-state index in [-0.39, 0.29) is 35.7 Å². The Bertz CT molecular complexity index is 3070. The highest BCUT2D eigenvalue weighted by molar-refractivity contribution is 6.09. The molecule has 13 nitrogen and oxygen atoms in total. The number of likely N-dealkylation sites (tertiary alicyclic amines) is 2. The molecule has 5 aromatic carbocycles.